The number of piperidine rings is 1. The van der Waals surface area contributed by atoms with Gasteiger partial charge in [0.1, 0.15) is 0 Å². The highest BCUT2D eigenvalue weighted by atomic mass is 16.1. The van der Waals surface area contributed by atoms with Gasteiger partial charge in [0.15, 0.2) is 0 Å². The lowest BCUT2D eigenvalue weighted by atomic mass is 9.49. The van der Waals surface area contributed by atoms with Crippen molar-refractivity contribution >= 4 is 5.91 Å². The van der Waals surface area contributed by atoms with Crippen molar-refractivity contribution in [2.75, 3.05) is 7.05 Å². The molecule has 19 heavy (non-hydrogen) atoms. The predicted molar refractivity (Wildman–Crippen MR) is 76.8 cm³/mol. The first-order chi connectivity index (χ1) is 8.79. The highest BCUT2D eigenvalue weighted by molar-refractivity contribution is 5.74. The number of carbonyl (C=O) groups excluding carboxylic acids is 1. The van der Waals surface area contributed by atoms with E-state index in [4.69, 9.17) is 0 Å². The third-order valence-electron chi connectivity index (χ3n) is 7.05. The van der Waals surface area contributed by atoms with Gasteiger partial charge in [0, 0.05) is 24.0 Å². The summed E-state index contributed by atoms with van der Waals surface area (Å²) in [6.45, 7) is 8.79. The maximum absolute atomic E-state index is 11.7. The molecule has 1 N–H and O–H groups in total. The Bertz CT molecular complexity index is 406. The fraction of sp³-hybridized carbons (Fsp3) is 0.938. The highest BCUT2D eigenvalue weighted by Crippen LogP contribution is 2.58. The second kappa shape index (κ2) is 3.97. The van der Waals surface area contributed by atoms with Gasteiger partial charge in [0.05, 0.1) is 0 Å². The molecular weight excluding hydrogens is 236 g/mol. The molecule has 0 aromatic rings. The molecule has 0 aromatic heterocycles. The van der Waals surface area contributed by atoms with Gasteiger partial charge in [-0.3, -0.25) is 9.69 Å². The molecule has 3 nitrogen and oxygen atoms in total. The van der Waals surface area contributed by atoms with Crippen LogP contribution in [-0.4, -0.2) is 35.0 Å². The first kappa shape index (κ1) is 13.4. The van der Waals surface area contributed by atoms with Crippen molar-refractivity contribution in [2.45, 2.75) is 70.5 Å². The number of nitrogens with zero attached hydrogens (tertiary/aromatic N) is 1. The zero-order valence-electron chi connectivity index (χ0n) is 13.0. The molecule has 2 saturated carbocycles. The smallest absolute Gasteiger partial charge is 0.217 e. The van der Waals surface area contributed by atoms with Gasteiger partial charge in [-0.15, -0.1) is 0 Å². The molecule has 3 unspecified atom stereocenters. The summed E-state index contributed by atoms with van der Waals surface area (Å²) in [6.07, 6.45) is 5.12. The second-order valence-electron chi connectivity index (χ2n) is 7.68. The molecule has 3 bridgehead atoms. The zero-order valence-corrected chi connectivity index (χ0v) is 13.0. The van der Waals surface area contributed by atoms with E-state index in [0.29, 0.717) is 23.4 Å². The Labute approximate surface area is 117 Å². The molecule has 3 heteroatoms. The van der Waals surface area contributed by atoms with Crippen LogP contribution in [0.1, 0.15) is 53.4 Å². The minimum absolute atomic E-state index is 0.00222. The summed E-state index contributed by atoms with van der Waals surface area (Å²) >= 11 is 0. The van der Waals surface area contributed by atoms with Crippen molar-refractivity contribution in [1.29, 1.82) is 0 Å². The fourth-order valence-electron chi connectivity index (χ4n) is 5.61. The van der Waals surface area contributed by atoms with E-state index in [1.165, 1.54) is 25.7 Å². The molecule has 0 aromatic carbocycles. The molecule has 3 fully saturated rings. The predicted octanol–water partition coefficient (Wildman–Crippen LogP) is 2.41. The van der Waals surface area contributed by atoms with Gasteiger partial charge in [-0.1, -0.05) is 0 Å². The minimum Gasteiger partial charge on any atom is -0.351 e. The normalized spacial score (nSPS) is 53.1. The maximum Gasteiger partial charge on any atom is 0.217 e. The van der Waals surface area contributed by atoms with Gasteiger partial charge in [0.2, 0.25) is 5.91 Å². The van der Waals surface area contributed by atoms with Crippen LogP contribution in [0.25, 0.3) is 0 Å². The van der Waals surface area contributed by atoms with Gasteiger partial charge >= 0.3 is 0 Å². The van der Waals surface area contributed by atoms with Crippen molar-refractivity contribution in [3.63, 3.8) is 0 Å². The summed E-state index contributed by atoms with van der Waals surface area (Å²) < 4.78 is 0. The zero-order chi connectivity index (χ0) is 14.0. The van der Waals surface area contributed by atoms with Crippen LogP contribution in [-0.2, 0) is 4.79 Å². The van der Waals surface area contributed by atoms with Gasteiger partial charge in [0.25, 0.3) is 0 Å². The van der Waals surface area contributed by atoms with E-state index < -0.39 is 0 Å². The van der Waals surface area contributed by atoms with E-state index in [2.05, 4.69) is 38.0 Å². The molecular formula is C16H28N2O. The van der Waals surface area contributed by atoms with E-state index >= 15 is 0 Å². The molecule has 2 aliphatic carbocycles. The Hall–Kier alpha value is -0.570. The number of hydrogen-bond acceptors (Lipinski definition) is 2. The standard InChI is InChI=1S/C16H28N2O/c1-10-14-9-13-8-12(16(14,4)17-11(2)19)6-7-15(13,3)18(10)5/h10,12-14H,6-9H2,1-5H3,(H,17,19)/t10-,12?,13?,14?,15+,16-/m0/s1. The van der Waals surface area contributed by atoms with E-state index in [9.17, 15) is 4.79 Å². The summed E-state index contributed by atoms with van der Waals surface area (Å²) in [5.41, 5.74) is 0.391. The molecule has 1 amide bonds. The van der Waals surface area contributed by atoms with Gasteiger partial charge in [-0.2, -0.15) is 0 Å². The van der Waals surface area contributed by atoms with Crippen molar-refractivity contribution < 1.29 is 4.79 Å². The lowest BCUT2D eigenvalue weighted by molar-refractivity contribution is -0.157. The van der Waals surface area contributed by atoms with Crippen LogP contribution in [0.2, 0.25) is 0 Å². The number of fused-ring (bicyclic) bond motifs is 2. The lowest BCUT2D eigenvalue weighted by Gasteiger charge is -2.67. The van der Waals surface area contributed by atoms with E-state index in [1.54, 1.807) is 6.92 Å². The monoisotopic (exact) mass is 264 g/mol. The average Bonchev–Trinajstić information content (AvgIpc) is 2.33. The largest absolute Gasteiger partial charge is 0.351 e. The van der Waals surface area contributed by atoms with Crippen LogP contribution in [0.5, 0.6) is 0 Å². The lowest BCUT2D eigenvalue weighted by Crippen LogP contribution is -2.74. The SMILES string of the molecule is CC(=O)N[C@@]1(C)C2CC[C@]3(C)C(C2)CC1[C@H](C)N3C. The third kappa shape index (κ3) is 1.63. The third-order valence-corrected chi connectivity index (χ3v) is 7.05. The molecule has 3 rings (SSSR count). The van der Waals surface area contributed by atoms with Crippen molar-refractivity contribution in [3.05, 3.63) is 0 Å². The fourth-order valence-corrected chi connectivity index (χ4v) is 5.61. The van der Waals surface area contributed by atoms with Crippen molar-refractivity contribution in [3.8, 4) is 0 Å². The van der Waals surface area contributed by atoms with Crippen LogP contribution >= 0.6 is 0 Å². The quantitative estimate of drug-likeness (QED) is 0.789. The topological polar surface area (TPSA) is 32.3 Å². The summed E-state index contributed by atoms with van der Waals surface area (Å²) in [5, 5.41) is 3.34. The molecule has 6 atom stereocenters. The van der Waals surface area contributed by atoms with E-state index in [-0.39, 0.29) is 11.4 Å². The summed E-state index contributed by atoms with van der Waals surface area (Å²) in [4.78, 5) is 14.3. The Kier molecular flexibility index (Phi) is 2.80. The first-order valence-electron chi connectivity index (χ1n) is 7.80. The van der Waals surface area contributed by atoms with Crippen LogP contribution in [0.3, 0.4) is 0 Å². The summed E-state index contributed by atoms with van der Waals surface area (Å²) in [6, 6.07) is 0.557. The number of rotatable bonds is 1. The highest BCUT2D eigenvalue weighted by Gasteiger charge is 2.61. The number of hydrogen-bond donors (Lipinski definition) is 1. The Morgan fingerprint density at radius 3 is 2.58 bits per heavy atom. The van der Waals surface area contributed by atoms with Gasteiger partial charge < -0.3 is 5.32 Å². The first-order valence-corrected chi connectivity index (χ1v) is 7.80. The van der Waals surface area contributed by atoms with Crippen LogP contribution in [0.4, 0.5) is 0 Å². The number of amides is 1. The van der Waals surface area contributed by atoms with Gasteiger partial charge in [-0.05, 0) is 71.3 Å². The molecule has 108 valence electrons. The minimum atomic E-state index is -0.00222. The Balaban J connectivity index is 2.01. The maximum atomic E-state index is 11.7. The van der Waals surface area contributed by atoms with Crippen LogP contribution in [0, 0.1) is 17.8 Å². The van der Waals surface area contributed by atoms with Gasteiger partial charge in [-0.25, -0.2) is 0 Å². The molecule has 1 aliphatic heterocycles. The molecule has 1 saturated heterocycles. The molecule has 1 heterocycles. The van der Waals surface area contributed by atoms with E-state index in [1.807, 2.05) is 0 Å². The van der Waals surface area contributed by atoms with Crippen molar-refractivity contribution in [2.24, 2.45) is 17.8 Å². The van der Waals surface area contributed by atoms with E-state index in [0.717, 1.165) is 5.92 Å². The Morgan fingerprint density at radius 1 is 1.26 bits per heavy atom. The second-order valence-corrected chi connectivity index (χ2v) is 7.68. The van der Waals surface area contributed by atoms with Crippen LogP contribution < -0.4 is 5.32 Å². The Morgan fingerprint density at radius 2 is 1.95 bits per heavy atom. The molecule has 0 radical (unpaired) electrons. The summed E-state index contributed by atoms with van der Waals surface area (Å²) in [7, 11) is 2.30. The molecule has 0 spiro atoms. The average molecular weight is 264 g/mol. The van der Waals surface area contributed by atoms with Crippen LogP contribution in [0.15, 0.2) is 0 Å². The number of carbonyl (C=O) groups is 1. The number of nitrogens with one attached hydrogen (secondary N) is 1. The molecule has 3 aliphatic rings. The summed E-state index contributed by atoms with van der Waals surface area (Å²) in [5.74, 6) is 2.22. The number of likely N-dealkylation sites (tertiary alicyclic amines) is 1. The van der Waals surface area contributed by atoms with Crippen molar-refractivity contribution in [1.82, 2.24) is 10.2 Å².